The molecule has 1 N–H and O–H groups in total. The number of morpholine rings is 1. The highest BCUT2D eigenvalue weighted by atomic mass is 19.4. The molecule has 8 heteroatoms. The Balaban J connectivity index is 1.83. The summed E-state index contributed by atoms with van der Waals surface area (Å²) in [6.07, 6.45) is -3.41. The van der Waals surface area contributed by atoms with Gasteiger partial charge in [-0.25, -0.2) is 4.98 Å². The Hall–Kier alpha value is -2.35. The van der Waals surface area contributed by atoms with E-state index in [0.29, 0.717) is 5.82 Å². The summed E-state index contributed by atoms with van der Waals surface area (Å²) < 4.78 is 44.9. The predicted octanol–water partition coefficient (Wildman–Crippen LogP) is 2.95. The number of hydrogen-bond donors (Lipinski definition) is 1. The van der Waals surface area contributed by atoms with Crippen LogP contribution in [0.5, 0.6) is 0 Å². The number of nitrogens with zero attached hydrogens (tertiary/aromatic N) is 2. The van der Waals surface area contributed by atoms with E-state index in [2.05, 4.69) is 9.97 Å². The summed E-state index contributed by atoms with van der Waals surface area (Å²) in [5.74, 6) is -0.0893. The second-order valence-electron chi connectivity index (χ2n) is 5.61. The molecule has 5 nitrogen and oxygen atoms in total. The Labute approximate surface area is 136 Å². The van der Waals surface area contributed by atoms with Gasteiger partial charge < -0.3 is 14.6 Å². The molecular weight excluding hydrogens is 323 g/mol. The molecule has 1 fully saturated rings. The summed E-state index contributed by atoms with van der Waals surface area (Å²) in [7, 11) is 0. The van der Waals surface area contributed by atoms with Gasteiger partial charge in [0.05, 0.1) is 24.3 Å². The first-order chi connectivity index (χ1) is 11.4. The molecule has 2 heterocycles. The Morgan fingerprint density at radius 3 is 2.79 bits per heavy atom. The normalized spacial score (nSPS) is 18.7. The van der Waals surface area contributed by atoms with Crippen molar-refractivity contribution in [2.45, 2.75) is 19.2 Å². The number of halogens is 3. The molecule has 1 aromatic carbocycles. The minimum atomic E-state index is -4.57. The first kappa shape index (κ1) is 16.5. The largest absolute Gasteiger partial charge is 0.417 e. The second-order valence-corrected chi connectivity index (χ2v) is 5.61. The maximum atomic E-state index is 13.1. The van der Waals surface area contributed by atoms with E-state index in [9.17, 15) is 18.0 Å². The highest BCUT2D eigenvalue weighted by molar-refractivity contribution is 5.96. The van der Waals surface area contributed by atoms with E-state index in [-0.39, 0.29) is 25.3 Å². The number of amides is 1. The van der Waals surface area contributed by atoms with Crippen LogP contribution >= 0.6 is 0 Å². The number of ether oxygens (including phenoxy) is 1. The molecule has 0 bridgehead atoms. The number of carbonyl (C=O) groups is 1. The summed E-state index contributed by atoms with van der Waals surface area (Å²) >= 11 is 0. The predicted molar refractivity (Wildman–Crippen MR) is 79.4 cm³/mol. The Morgan fingerprint density at radius 2 is 2.12 bits per heavy atom. The van der Waals surface area contributed by atoms with Crippen molar-refractivity contribution in [3.8, 4) is 0 Å². The molecule has 0 saturated carbocycles. The molecular formula is C16H16F3N3O2. The van der Waals surface area contributed by atoms with Crippen molar-refractivity contribution in [3.63, 3.8) is 0 Å². The zero-order valence-corrected chi connectivity index (χ0v) is 12.9. The number of alkyl halides is 3. The minimum Gasteiger partial charge on any atom is -0.367 e. The topological polar surface area (TPSA) is 58.2 Å². The first-order valence-corrected chi connectivity index (χ1v) is 7.45. The van der Waals surface area contributed by atoms with E-state index in [0.717, 1.165) is 11.8 Å². The van der Waals surface area contributed by atoms with E-state index in [1.54, 1.807) is 6.20 Å². The number of rotatable bonds is 2. The molecule has 24 heavy (non-hydrogen) atoms. The number of hydrogen-bond acceptors (Lipinski definition) is 3. The van der Waals surface area contributed by atoms with Crippen LogP contribution in [0.25, 0.3) is 0 Å². The highest BCUT2D eigenvalue weighted by Gasteiger charge is 2.37. The van der Waals surface area contributed by atoms with Gasteiger partial charge in [0, 0.05) is 18.4 Å². The van der Waals surface area contributed by atoms with Gasteiger partial charge in [0.2, 0.25) is 0 Å². The van der Waals surface area contributed by atoms with E-state index < -0.39 is 23.8 Å². The summed E-state index contributed by atoms with van der Waals surface area (Å²) in [6.45, 7) is 2.46. The summed E-state index contributed by atoms with van der Waals surface area (Å²) in [5.41, 5.74) is -0.423. The van der Waals surface area contributed by atoms with Crippen molar-refractivity contribution in [1.29, 1.82) is 0 Å². The van der Waals surface area contributed by atoms with Crippen LogP contribution in [0.1, 0.15) is 33.5 Å². The van der Waals surface area contributed by atoms with Crippen molar-refractivity contribution in [3.05, 3.63) is 53.1 Å². The molecule has 0 spiro atoms. The maximum absolute atomic E-state index is 13.1. The summed E-state index contributed by atoms with van der Waals surface area (Å²) in [4.78, 5) is 21.2. The Morgan fingerprint density at radius 1 is 1.38 bits per heavy atom. The quantitative estimate of drug-likeness (QED) is 0.915. The fraction of sp³-hybridized carbons (Fsp3) is 0.375. The fourth-order valence-corrected chi connectivity index (χ4v) is 2.68. The van der Waals surface area contributed by atoms with Crippen LogP contribution in [0, 0.1) is 6.92 Å². The molecule has 1 amide bonds. The van der Waals surface area contributed by atoms with Crippen LogP contribution in [-0.2, 0) is 10.9 Å². The average Bonchev–Trinajstić information content (AvgIpc) is 3.00. The molecule has 1 atom stereocenters. The highest BCUT2D eigenvalue weighted by Crippen LogP contribution is 2.33. The van der Waals surface area contributed by atoms with E-state index in [4.69, 9.17) is 4.74 Å². The lowest BCUT2D eigenvalue weighted by molar-refractivity contribution is -0.138. The smallest absolute Gasteiger partial charge is 0.367 e. The van der Waals surface area contributed by atoms with E-state index >= 15 is 0 Å². The number of H-pyrrole nitrogens is 1. The van der Waals surface area contributed by atoms with Gasteiger partial charge in [-0.15, -0.1) is 0 Å². The van der Waals surface area contributed by atoms with E-state index in [1.165, 1.54) is 23.1 Å². The molecule has 1 aromatic heterocycles. The van der Waals surface area contributed by atoms with E-state index in [1.807, 2.05) is 6.92 Å². The van der Waals surface area contributed by atoms with Crippen molar-refractivity contribution in [2.75, 3.05) is 19.7 Å². The molecule has 2 aromatic rings. The Bertz CT molecular complexity index is 742. The van der Waals surface area contributed by atoms with Crippen LogP contribution < -0.4 is 0 Å². The van der Waals surface area contributed by atoms with Crippen LogP contribution in [0.3, 0.4) is 0 Å². The lowest BCUT2D eigenvalue weighted by Crippen LogP contribution is -2.43. The number of aromatic amines is 1. The number of benzene rings is 1. The van der Waals surface area contributed by atoms with Crippen molar-refractivity contribution in [1.82, 2.24) is 14.9 Å². The van der Waals surface area contributed by atoms with Crippen LogP contribution in [0.15, 0.2) is 30.5 Å². The molecule has 0 unspecified atom stereocenters. The van der Waals surface area contributed by atoms with Crippen LogP contribution in [0.4, 0.5) is 13.2 Å². The van der Waals surface area contributed by atoms with Gasteiger partial charge in [0.25, 0.3) is 5.91 Å². The van der Waals surface area contributed by atoms with Crippen molar-refractivity contribution in [2.24, 2.45) is 0 Å². The van der Waals surface area contributed by atoms with Gasteiger partial charge in [-0.2, -0.15) is 13.2 Å². The van der Waals surface area contributed by atoms with Gasteiger partial charge in [0.15, 0.2) is 0 Å². The van der Waals surface area contributed by atoms with Crippen molar-refractivity contribution >= 4 is 5.91 Å². The molecule has 1 aliphatic rings. The molecule has 0 aliphatic carbocycles. The monoisotopic (exact) mass is 339 g/mol. The Kier molecular flexibility index (Phi) is 4.31. The SMILES string of the molecule is Cc1cnc([C@H]2CN(C(=O)c3ccccc3C(F)(F)F)CCO2)[nH]1. The van der Waals surface area contributed by atoms with Gasteiger partial charge in [-0.05, 0) is 19.1 Å². The lowest BCUT2D eigenvalue weighted by Gasteiger charge is -2.32. The van der Waals surface area contributed by atoms with Gasteiger partial charge >= 0.3 is 6.18 Å². The molecule has 3 rings (SSSR count). The van der Waals surface area contributed by atoms with Crippen molar-refractivity contribution < 1.29 is 22.7 Å². The zero-order chi connectivity index (χ0) is 17.3. The average molecular weight is 339 g/mol. The third-order valence-electron chi connectivity index (χ3n) is 3.84. The second kappa shape index (κ2) is 6.27. The zero-order valence-electron chi connectivity index (χ0n) is 12.9. The third kappa shape index (κ3) is 3.28. The molecule has 1 saturated heterocycles. The first-order valence-electron chi connectivity index (χ1n) is 7.45. The van der Waals surface area contributed by atoms with Gasteiger partial charge in [-0.1, -0.05) is 12.1 Å². The summed E-state index contributed by atoms with van der Waals surface area (Å²) in [6, 6.07) is 4.82. The lowest BCUT2D eigenvalue weighted by atomic mass is 10.1. The maximum Gasteiger partial charge on any atom is 0.417 e. The van der Waals surface area contributed by atoms with Gasteiger partial charge in [0.1, 0.15) is 11.9 Å². The number of imidazole rings is 1. The summed E-state index contributed by atoms with van der Waals surface area (Å²) in [5, 5.41) is 0. The standard InChI is InChI=1S/C16H16F3N3O2/c1-10-8-20-14(21-10)13-9-22(6-7-24-13)15(23)11-4-2-3-5-12(11)16(17,18)19/h2-5,8,13H,6-7,9H2,1H3,(H,20,21)/t13-/m1/s1. The number of aromatic nitrogens is 2. The molecule has 1 aliphatic heterocycles. The van der Waals surface area contributed by atoms with Crippen LogP contribution in [0.2, 0.25) is 0 Å². The minimum absolute atomic E-state index is 0.151. The molecule has 0 radical (unpaired) electrons. The van der Waals surface area contributed by atoms with Gasteiger partial charge in [-0.3, -0.25) is 4.79 Å². The molecule has 128 valence electrons. The fourth-order valence-electron chi connectivity index (χ4n) is 2.68. The number of aryl methyl sites for hydroxylation is 1. The number of carbonyl (C=O) groups excluding carboxylic acids is 1. The van der Waals surface area contributed by atoms with Crippen LogP contribution in [-0.4, -0.2) is 40.5 Å². The third-order valence-corrected chi connectivity index (χ3v) is 3.84. The number of nitrogens with one attached hydrogen (secondary N) is 1.